The lowest BCUT2D eigenvalue weighted by atomic mass is 10.4. The Labute approximate surface area is 75.9 Å². The van der Waals surface area contributed by atoms with Crippen molar-refractivity contribution in [3.05, 3.63) is 24.1 Å². The molecule has 1 aromatic rings. The Morgan fingerprint density at radius 2 is 2.31 bits per heavy atom. The first kappa shape index (κ1) is 9.91. The maximum atomic E-state index is 12.9. The average Bonchev–Trinajstić information content (AvgIpc) is 2.09. The van der Waals surface area contributed by atoms with Gasteiger partial charge in [0, 0.05) is 6.20 Å². The van der Waals surface area contributed by atoms with E-state index in [1.54, 1.807) is 0 Å². The molecule has 0 bridgehead atoms. The van der Waals surface area contributed by atoms with Crippen LogP contribution in [0.3, 0.4) is 0 Å². The van der Waals surface area contributed by atoms with E-state index in [1.807, 2.05) is 4.72 Å². The normalized spacial score (nSPS) is 11.2. The van der Waals surface area contributed by atoms with Gasteiger partial charge in [-0.05, 0) is 19.1 Å². The summed E-state index contributed by atoms with van der Waals surface area (Å²) in [6.07, 6.45) is 1.32. The molecule has 1 heterocycles. The summed E-state index contributed by atoms with van der Waals surface area (Å²) in [6, 6.07) is 2.53. The molecule has 0 aliphatic rings. The van der Waals surface area contributed by atoms with Gasteiger partial charge < -0.3 is 0 Å². The number of pyridine rings is 1. The lowest BCUT2D eigenvalue weighted by Crippen LogP contribution is -2.16. The monoisotopic (exact) mass is 204 g/mol. The maximum absolute atomic E-state index is 12.9. The minimum Gasteiger partial charge on any atom is -0.265 e. The predicted molar refractivity (Wildman–Crippen MR) is 47.3 cm³/mol. The summed E-state index contributed by atoms with van der Waals surface area (Å²) < 4.78 is 36.9. The number of hydrogen-bond acceptors (Lipinski definition) is 3. The van der Waals surface area contributed by atoms with E-state index < -0.39 is 15.8 Å². The quantitative estimate of drug-likeness (QED) is 0.798. The molecule has 0 amide bonds. The number of nitrogens with zero attached hydrogens (tertiary/aromatic N) is 1. The highest BCUT2D eigenvalue weighted by Gasteiger charge is 2.10. The van der Waals surface area contributed by atoms with Crippen LogP contribution in [0.5, 0.6) is 0 Å². The fourth-order valence-corrected chi connectivity index (χ4v) is 1.27. The Kier molecular flexibility index (Phi) is 2.82. The first-order valence-corrected chi connectivity index (χ1v) is 5.31. The van der Waals surface area contributed by atoms with Gasteiger partial charge in [-0.25, -0.2) is 17.8 Å². The molecule has 4 nitrogen and oxygen atoms in total. The van der Waals surface area contributed by atoms with Crippen molar-refractivity contribution in [3.8, 4) is 0 Å². The highest BCUT2D eigenvalue weighted by atomic mass is 32.2. The fraction of sp³-hybridized carbons (Fsp3) is 0.286. The SMILES string of the molecule is CCS(=O)(=O)Nc1ncccc1F. The van der Waals surface area contributed by atoms with Crippen molar-refractivity contribution >= 4 is 15.8 Å². The minimum absolute atomic E-state index is 0.108. The van der Waals surface area contributed by atoms with Crippen LogP contribution in [-0.2, 0) is 10.0 Å². The van der Waals surface area contributed by atoms with Crippen molar-refractivity contribution < 1.29 is 12.8 Å². The average molecular weight is 204 g/mol. The molecule has 0 atom stereocenters. The summed E-state index contributed by atoms with van der Waals surface area (Å²) >= 11 is 0. The van der Waals surface area contributed by atoms with E-state index in [2.05, 4.69) is 4.98 Å². The highest BCUT2D eigenvalue weighted by molar-refractivity contribution is 7.92. The molecule has 1 rings (SSSR count). The number of aromatic nitrogens is 1. The lowest BCUT2D eigenvalue weighted by molar-refractivity contribution is 0.598. The molecular formula is C7H9FN2O2S. The van der Waals surface area contributed by atoms with E-state index in [1.165, 1.54) is 19.2 Å². The van der Waals surface area contributed by atoms with Crippen molar-refractivity contribution in [2.45, 2.75) is 6.92 Å². The molecule has 0 aliphatic carbocycles. The van der Waals surface area contributed by atoms with E-state index >= 15 is 0 Å². The summed E-state index contributed by atoms with van der Waals surface area (Å²) in [4.78, 5) is 3.55. The van der Waals surface area contributed by atoms with Gasteiger partial charge in [0.2, 0.25) is 10.0 Å². The third-order valence-electron chi connectivity index (χ3n) is 1.39. The van der Waals surface area contributed by atoms with Crippen molar-refractivity contribution in [2.75, 3.05) is 10.5 Å². The van der Waals surface area contributed by atoms with Gasteiger partial charge in [0.15, 0.2) is 11.6 Å². The van der Waals surface area contributed by atoms with Crippen LogP contribution in [0.25, 0.3) is 0 Å². The summed E-state index contributed by atoms with van der Waals surface area (Å²) in [6.45, 7) is 1.46. The molecule has 72 valence electrons. The molecule has 1 N–H and O–H groups in total. The Hall–Kier alpha value is -1.17. The van der Waals surface area contributed by atoms with Crippen LogP contribution in [0, 0.1) is 5.82 Å². The van der Waals surface area contributed by atoms with E-state index in [0.717, 1.165) is 6.07 Å². The second-order valence-electron chi connectivity index (χ2n) is 2.34. The summed E-state index contributed by atoms with van der Waals surface area (Å²) in [7, 11) is -3.45. The lowest BCUT2D eigenvalue weighted by Gasteiger charge is -2.04. The second kappa shape index (κ2) is 3.69. The topological polar surface area (TPSA) is 59.1 Å². The van der Waals surface area contributed by atoms with Crippen molar-refractivity contribution in [1.82, 2.24) is 4.98 Å². The van der Waals surface area contributed by atoms with Crippen molar-refractivity contribution in [1.29, 1.82) is 0 Å². The van der Waals surface area contributed by atoms with Crippen molar-refractivity contribution in [3.63, 3.8) is 0 Å². The van der Waals surface area contributed by atoms with Gasteiger partial charge in [-0.2, -0.15) is 0 Å². The molecule has 0 saturated heterocycles. The minimum atomic E-state index is -3.45. The number of sulfonamides is 1. The number of halogens is 1. The molecule has 0 spiro atoms. The largest absolute Gasteiger partial charge is 0.265 e. The first-order chi connectivity index (χ1) is 6.05. The van der Waals surface area contributed by atoms with Gasteiger partial charge in [0.05, 0.1) is 5.75 Å². The molecule has 13 heavy (non-hydrogen) atoms. The Balaban J connectivity index is 2.93. The molecule has 0 unspecified atom stereocenters. The van der Waals surface area contributed by atoms with Crippen LogP contribution < -0.4 is 4.72 Å². The van der Waals surface area contributed by atoms with E-state index in [0.29, 0.717) is 0 Å². The van der Waals surface area contributed by atoms with E-state index in [-0.39, 0.29) is 11.6 Å². The number of nitrogens with one attached hydrogen (secondary N) is 1. The third kappa shape index (κ3) is 2.66. The standard InChI is InChI=1S/C7H9FN2O2S/c1-2-13(11,12)10-7-6(8)4-3-5-9-7/h3-5H,2H2,1H3,(H,9,10). The molecule has 0 saturated carbocycles. The van der Waals surface area contributed by atoms with Gasteiger partial charge in [-0.3, -0.25) is 4.72 Å². The molecule has 0 fully saturated rings. The summed E-state index contributed by atoms with van der Waals surface area (Å²) in [5.41, 5.74) is 0. The van der Waals surface area contributed by atoms with Crippen LogP contribution in [0.1, 0.15) is 6.92 Å². The summed E-state index contributed by atoms with van der Waals surface area (Å²) in [5.74, 6) is -1.05. The molecule has 0 aromatic carbocycles. The van der Waals surface area contributed by atoms with Crippen molar-refractivity contribution in [2.24, 2.45) is 0 Å². The van der Waals surface area contributed by atoms with Gasteiger partial charge in [0.25, 0.3) is 0 Å². The Morgan fingerprint density at radius 1 is 1.62 bits per heavy atom. The first-order valence-electron chi connectivity index (χ1n) is 3.66. The smallest absolute Gasteiger partial charge is 0.233 e. The third-order valence-corrected chi connectivity index (χ3v) is 2.66. The zero-order valence-electron chi connectivity index (χ0n) is 6.99. The van der Waals surface area contributed by atoms with Crippen LogP contribution in [0.4, 0.5) is 10.2 Å². The maximum Gasteiger partial charge on any atom is 0.233 e. The second-order valence-corrected chi connectivity index (χ2v) is 4.35. The van der Waals surface area contributed by atoms with Gasteiger partial charge >= 0.3 is 0 Å². The Bertz CT molecular complexity index is 391. The van der Waals surface area contributed by atoms with Gasteiger partial charge in [0.1, 0.15) is 0 Å². The molecular weight excluding hydrogens is 195 g/mol. The fourth-order valence-electron chi connectivity index (χ4n) is 0.680. The zero-order chi connectivity index (χ0) is 9.90. The van der Waals surface area contributed by atoms with E-state index in [4.69, 9.17) is 0 Å². The number of rotatable bonds is 3. The van der Waals surface area contributed by atoms with Crippen LogP contribution in [-0.4, -0.2) is 19.2 Å². The highest BCUT2D eigenvalue weighted by Crippen LogP contribution is 2.10. The number of hydrogen-bond donors (Lipinski definition) is 1. The van der Waals surface area contributed by atoms with E-state index in [9.17, 15) is 12.8 Å². The molecule has 0 aliphatic heterocycles. The predicted octanol–water partition coefficient (Wildman–Crippen LogP) is 0.982. The zero-order valence-corrected chi connectivity index (χ0v) is 7.81. The van der Waals surface area contributed by atoms with Crippen LogP contribution >= 0.6 is 0 Å². The van der Waals surface area contributed by atoms with Gasteiger partial charge in [-0.15, -0.1) is 0 Å². The van der Waals surface area contributed by atoms with Gasteiger partial charge in [-0.1, -0.05) is 0 Å². The molecule has 6 heteroatoms. The molecule has 1 aromatic heterocycles. The Morgan fingerprint density at radius 3 is 2.85 bits per heavy atom. The number of anilines is 1. The van der Waals surface area contributed by atoms with Crippen LogP contribution in [0.2, 0.25) is 0 Å². The summed E-state index contributed by atoms with van der Waals surface area (Å²) in [5, 5.41) is 0. The molecule has 0 radical (unpaired) electrons. The van der Waals surface area contributed by atoms with Crippen LogP contribution in [0.15, 0.2) is 18.3 Å².